The minimum atomic E-state index is -3.82. The molecule has 2 rings (SSSR count). The van der Waals surface area contributed by atoms with Gasteiger partial charge in [0.15, 0.2) is 0 Å². The summed E-state index contributed by atoms with van der Waals surface area (Å²) in [5, 5.41) is 9.61. The zero-order chi connectivity index (χ0) is 15.7. The normalized spacial score (nSPS) is 18.6. The van der Waals surface area contributed by atoms with Gasteiger partial charge in [0.05, 0.1) is 12.1 Å². The van der Waals surface area contributed by atoms with Crippen molar-refractivity contribution in [3.8, 4) is 0 Å². The molecule has 1 aromatic carbocycles. The van der Waals surface area contributed by atoms with Gasteiger partial charge >= 0.3 is 0 Å². The highest BCUT2D eigenvalue weighted by molar-refractivity contribution is 9.11. The second-order valence-electron chi connectivity index (χ2n) is 4.97. The number of rotatable bonds is 4. The Morgan fingerprint density at radius 2 is 1.81 bits per heavy atom. The molecule has 0 bridgehead atoms. The van der Waals surface area contributed by atoms with E-state index in [0.717, 1.165) is 0 Å². The molecule has 0 spiro atoms. The van der Waals surface area contributed by atoms with Gasteiger partial charge in [-0.25, -0.2) is 13.1 Å². The molecule has 0 aliphatic carbocycles. The molecular weight excluding hydrogens is 428 g/mol. The Bertz CT molecular complexity index is 607. The van der Waals surface area contributed by atoms with Gasteiger partial charge in [-0.3, -0.25) is 0 Å². The number of halogens is 2. The number of nitrogens with one attached hydrogen (secondary N) is 1. The van der Waals surface area contributed by atoms with Crippen LogP contribution in [0.3, 0.4) is 0 Å². The van der Waals surface area contributed by atoms with Crippen molar-refractivity contribution in [1.82, 2.24) is 4.72 Å². The summed E-state index contributed by atoms with van der Waals surface area (Å²) in [7, 11) is -3.82. The molecule has 4 N–H and O–H groups in total. The van der Waals surface area contributed by atoms with Crippen LogP contribution < -0.4 is 10.5 Å². The third-order valence-electron chi connectivity index (χ3n) is 3.39. The third kappa shape index (κ3) is 3.77. The summed E-state index contributed by atoms with van der Waals surface area (Å²) < 4.78 is 33.9. The molecule has 1 saturated heterocycles. The number of aliphatic hydroxyl groups is 1. The summed E-state index contributed by atoms with van der Waals surface area (Å²) in [6, 6.07) is 3.05. The molecule has 0 amide bonds. The topological polar surface area (TPSA) is 102 Å². The molecule has 6 nitrogen and oxygen atoms in total. The Morgan fingerprint density at radius 1 is 1.29 bits per heavy atom. The van der Waals surface area contributed by atoms with Crippen LogP contribution in [0.15, 0.2) is 26.0 Å². The lowest BCUT2D eigenvalue weighted by atomic mass is 9.93. The van der Waals surface area contributed by atoms with E-state index in [-0.39, 0.29) is 11.5 Å². The second-order valence-corrected chi connectivity index (χ2v) is 8.30. The number of anilines is 1. The predicted molar refractivity (Wildman–Crippen MR) is 86.4 cm³/mol. The van der Waals surface area contributed by atoms with E-state index in [1.54, 1.807) is 0 Å². The van der Waals surface area contributed by atoms with Crippen LogP contribution in [0.4, 0.5) is 5.69 Å². The average molecular weight is 444 g/mol. The number of nitrogens with two attached hydrogens (primary N) is 1. The van der Waals surface area contributed by atoms with E-state index in [1.165, 1.54) is 12.1 Å². The van der Waals surface area contributed by atoms with Crippen molar-refractivity contribution in [3.05, 3.63) is 21.1 Å². The van der Waals surface area contributed by atoms with Crippen LogP contribution in [0.2, 0.25) is 0 Å². The average Bonchev–Trinajstić information content (AvgIpc) is 2.37. The number of hydrogen-bond acceptors (Lipinski definition) is 5. The van der Waals surface area contributed by atoms with Crippen molar-refractivity contribution >= 4 is 47.6 Å². The maximum Gasteiger partial charge on any atom is 0.243 e. The minimum Gasteiger partial charge on any atom is -0.399 e. The van der Waals surface area contributed by atoms with Gasteiger partial charge in [-0.2, -0.15) is 0 Å². The number of aliphatic hydroxyl groups excluding tert-OH is 1. The molecule has 0 atom stereocenters. The molecule has 9 heteroatoms. The monoisotopic (exact) mass is 442 g/mol. The number of nitrogen functional groups attached to an aromatic ring is 1. The SMILES string of the molecule is Nc1cc(Br)c(S(=O)(=O)NC2(CO)CCOCC2)c(Br)c1. The van der Waals surface area contributed by atoms with E-state index in [9.17, 15) is 13.5 Å². The van der Waals surface area contributed by atoms with Crippen molar-refractivity contribution in [3.63, 3.8) is 0 Å². The zero-order valence-electron chi connectivity index (χ0n) is 11.1. The second kappa shape index (κ2) is 6.51. The summed E-state index contributed by atoms with van der Waals surface area (Å²) >= 11 is 6.44. The number of sulfonamides is 1. The molecule has 1 aromatic rings. The fourth-order valence-electron chi connectivity index (χ4n) is 2.23. The first-order valence-corrected chi connectivity index (χ1v) is 9.34. The van der Waals surface area contributed by atoms with E-state index in [0.29, 0.717) is 40.7 Å². The van der Waals surface area contributed by atoms with Crippen LogP contribution in [0.25, 0.3) is 0 Å². The van der Waals surface area contributed by atoms with Gasteiger partial charge in [0, 0.05) is 27.8 Å². The lowest BCUT2D eigenvalue weighted by Crippen LogP contribution is -2.54. The molecule has 0 aromatic heterocycles. The Kier molecular flexibility index (Phi) is 5.32. The Labute approximate surface area is 140 Å². The van der Waals surface area contributed by atoms with E-state index in [2.05, 4.69) is 36.6 Å². The summed E-state index contributed by atoms with van der Waals surface area (Å²) in [4.78, 5) is 0.0658. The van der Waals surface area contributed by atoms with Crippen LogP contribution in [0.1, 0.15) is 12.8 Å². The Hall–Kier alpha value is -0.190. The van der Waals surface area contributed by atoms with Gasteiger partial charge in [-0.15, -0.1) is 0 Å². The maximum atomic E-state index is 12.7. The largest absolute Gasteiger partial charge is 0.399 e. The Balaban J connectivity index is 2.38. The number of benzene rings is 1. The molecule has 0 unspecified atom stereocenters. The van der Waals surface area contributed by atoms with Crippen molar-refractivity contribution in [2.75, 3.05) is 25.6 Å². The molecule has 0 radical (unpaired) electrons. The molecule has 21 heavy (non-hydrogen) atoms. The standard InChI is InChI=1S/C12H16Br2N2O4S/c13-9-5-8(15)6-10(14)11(9)21(18,19)16-12(7-17)1-3-20-4-2-12/h5-6,16-17H,1-4,7,15H2. The summed E-state index contributed by atoms with van der Waals surface area (Å²) in [6.07, 6.45) is 0.847. The number of ether oxygens (including phenoxy) is 1. The molecule has 1 aliphatic rings. The highest BCUT2D eigenvalue weighted by Crippen LogP contribution is 2.34. The van der Waals surface area contributed by atoms with Crippen molar-refractivity contribution in [2.24, 2.45) is 0 Å². The van der Waals surface area contributed by atoms with Crippen LogP contribution in [-0.2, 0) is 14.8 Å². The van der Waals surface area contributed by atoms with Crippen molar-refractivity contribution in [2.45, 2.75) is 23.3 Å². The van der Waals surface area contributed by atoms with Gasteiger partial charge < -0.3 is 15.6 Å². The summed E-state index contributed by atoms with van der Waals surface area (Å²) in [5.74, 6) is 0. The highest BCUT2D eigenvalue weighted by atomic mass is 79.9. The molecule has 118 valence electrons. The van der Waals surface area contributed by atoms with Crippen LogP contribution >= 0.6 is 31.9 Å². The lowest BCUT2D eigenvalue weighted by molar-refractivity contribution is 0.0223. The minimum absolute atomic E-state index is 0.0658. The summed E-state index contributed by atoms with van der Waals surface area (Å²) in [6.45, 7) is 0.542. The van der Waals surface area contributed by atoms with Crippen LogP contribution in [-0.4, -0.2) is 38.9 Å². The molecule has 1 heterocycles. The molecule has 1 aliphatic heterocycles. The number of hydrogen-bond donors (Lipinski definition) is 3. The molecule has 1 fully saturated rings. The smallest absolute Gasteiger partial charge is 0.243 e. The van der Waals surface area contributed by atoms with Gasteiger partial charge in [0.2, 0.25) is 10.0 Å². The molecule has 0 saturated carbocycles. The van der Waals surface area contributed by atoms with E-state index >= 15 is 0 Å². The third-order valence-corrected chi connectivity index (χ3v) is 6.85. The Morgan fingerprint density at radius 3 is 2.29 bits per heavy atom. The van der Waals surface area contributed by atoms with Crippen molar-refractivity contribution in [1.29, 1.82) is 0 Å². The fraction of sp³-hybridized carbons (Fsp3) is 0.500. The lowest BCUT2D eigenvalue weighted by Gasteiger charge is -2.36. The summed E-state index contributed by atoms with van der Waals surface area (Å²) in [5.41, 5.74) is 5.23. The van der Waals surface area contributed by atoms with Gasteiger partial charge in [-0.1, -0.05) is 0 Å². The first kappa shape index (κ1) is 17.2. The molecular formula is C12H16Br2N2O4S. The van der Waals surface area contributed by atoms with Crippen LogP contribution in [0, 0.1) is 0 Å². The van der Waals surface area contributed by atoms with Gasteiger partial charge in [0.1, 0.15) is 4.90 Å². The predicted octanol–water partition coefficient (Wildman–Crippen LogP) is 1.61. The maximum absolute atomic E-state index is 12.7. The van der Waals surface area contributed by atoms with E-state index in [4.69, 9.17) is 10.5 Å². The first-order chi connectivity index (χ1) is 9.80. The van der Waals surface area contributed by atoms with Crippen LogP contribution in [0.5, 0.6) is 0 Å². The zero-order valence-corrected chi connectivity index (χ0v) is 15.1. The van der Waals surface area contributed by atoms with Gasteiger partial charge in [-0.05, 0) is 56.8 Å². The highest BCUT2D eigenvalue weighted by Gasteiger charge is 2.37. The van der Waals surface area contributed by atoms with E-state index < -0.39 is 15.6 Å². The van der Waals surface area contributed by atoms with Gasteiger partial charge in [0.25, 0.3) is 0 Å². The fourth-order valence-corrected chi connectivity index (χ4v) is 6.30. The quantitative estimate of drug-likeness (QED) is 0.613. The first-order valence-electron chi connectivity index (χ1n) is 6.27. The van der Waals surface area contributed by atoms with E-state index in [1.807, 2.05) is 0 Å². The van der Waals surface area contributed by atoms with Crippen molar-refractivity contribution < 1.29 is 18.3 Å².